The number of rotatable bonds is 3. The van der Waals surface area contributed by atoms with Crippen molar-refractivity contribution in [2.45, 2.75) is 18.2 Å². The highest BCUT2D eigenvalue weighted by molar-refractivity contribution is 7.98. The molecule has 21 heavy (non-hydrogen) atoms. The Morgan fingerprint density at radius 2 is 2.14 bits per heavy atom. The molecule has 114 valence electrons. The predicted molar refractivity (Wildman–Crippen MR) is 79.0 cm³/mol. The van der Waals surface area contributed by atoms with Crippen LogP contribution in [0.1, 0.15) is 23.7 Å². The summed E-state index contributed by atoms with van der Waals surface area (Å²) in [5.74, 6) is -1.79. The summed E-state index contributed by atoms with van der Waals surface area (Å²) in [6.45, 7) is 2.68. The van der Waals surface area contributed by atoms with Gasteiger partial charge in [-0.1, -0.05) is 6.92 Å². The lowest BCUT2D eigenvalue weighted by Crippen LogP contribution is -2.45. The van der Waals surface area contributed by atoms with E-state index in [-0.39, 0.29) is 17.6 Å². The van der Waals surface area contributed by atoms with Gasteiger partial charge in [-0.25, -0.2) is 4.39 Å². The van der Waals surface area contributed by atoms with Gasteiger partial charge in [0.05, 0.1) is 5.92 Å². The monoisotopic (exact) mass is 311 g/mol. The fourth-order valence-electron chi connectivity index (χ4n) is 2.67. The zero-order valence-corrected chi connectivity index (χ0v) is 12.8. The Morgan fingerprint density at radius 3 is 2.71 bits per heavy atom. The van der Waals surface area contributed by atoms with Gasteiger partial charge in [-0.2, -0.15) is 0 Å². The van der Waals surface area contributed by atoms with Crippen molar-refractivity contribution in [2.24, 2.45) is 11.8 Å². The minimum Gasteiger partial charge on any atom is -0.481 e. The minimum atomic E-state index is -0.805. The second-order valence-corrected chi connectivity index (χ2v) is 6.16. The first-order valence-corrected chi connectivity index (χ1v) is 8.02. The zero-order chi connectivity index (χ0) is 15.6. The molecule has 2 rings (SSSR count). The highest BCUT2D eigenvalue weighted by atomic mass is 32.2. The molecule has 0 bridgehead atoms. The molecule has 0 radical (unpaired) electrons. The molecule has 0 spiro atoms. The van der Waals surface area contributed by atoms with Crippen LogP contribution in [0.3, 0.4) is 0 Å². The van der Waals surface area contributed by atoms with Crippen molar-refractivity contribution in [1.82, 2.24) is 4.90 Å². The van der Waals surface area contributed by atoms with E-state index in [2.05, 4.69) is 0 Å². The fourth-order valence-corrected chi connectivity index (χ4v) is 3.18. The number of amides is 1. The predicted octanol–water partition coefficient (Wildman–Crippen LogP) is 2.73. The van der Waals surface area contributed by atoms with Crippen molar-refractivity contribution in [2.75, 3.05) is 19.3 Å². The lowest BCUT2D eigenvalue weighted by Gasteiger charge is -2.35. The normalized spacial score (nSPS) is 22.1. The van der Waals surface area contributed by atoms with Crippen molar-refractivity contribution < 1.29 is 19.1 Å². The third kappa shape index (κ3) is 3.37. The van der Waals surface area contributed by atoms with E-state index in [9.17, 15) is 14.0 Å². The molecule has 1 N–H and O–H groups in total. The van der Waals surface area contributed by atoms with E-state index in [4.69, 9.17) is 5.11 Å². The number of likely N-dealkylation sites (tertiary alicyclic amines) is 1. The Kier molecular flexibility index (Phi) is 4.88. The van der Waals surface area contributed by atoms with Crippen LogP contribution < -0.4 is 0 Å². The summed E-state index contributed by atoms with van der Waals surface area (Å²) in [7, 11) is 0. The molecule has 1 aliphatic heterocycles. The molecule has 0 saturated carbocycles. The van der Waals surface area contributed by atoms with Gasteiger partial charge in [0.1, 0.15) is 5.82 Å². The maximum atomic E-state index is 13.5. The van der Waals surface area contributed by atoms with E-state index in [0.717, 1.165) is 0 Å². The lowest BCUT2D eigenvalue weighted by molar-refractivity contribution is -0.145. The number of nitrogens with zero attached hydrogens (tertiary/aromatic N) is 1. The molecule has 0 aromatic heterocycles. The number of hydrogen-bond acceptors (Lipinski definition) is 3. The third-order valence-corrected chi connectivity index (χ3v) is 4.66. The molecular weight excluding hydrogens is 293 g/mol. The van der Waals surface area contributed by atoms with E-state index in [0.29, 0.717) is 30.0 Å². The van der Waals surface area contributed by atoms with Gasteiger partial charge in [0.15, 0.2) is 0 Å². The maximum Gasteiger partial charge on any atom is 0.306 e. The minimum absolute atomic E-state index is 0.0827. The number of aliphatic carboxylic acids is 1. The van der Waals surface area contributed by atoms with Gasteiger partial charge in [-0.05, 0) is 36.8 Å². The Morgan fingerprint density at radius 1 is 1.43 bits per heavy atom. The molecule has 1 saturated heterocycles. The summed E-state index contributed by atoms with van der Waals surface area (Å²) < 4.78 is 13.5. The molecule has 1 aromatic carbocycles. The molecule has 0 aliphatic carbocycles. The first-order valence-electron chi connectivity index (χ1n) is 6.79. The average Bonchev–Trinajstić information content (AvgIpc) is 2.46. The van der Waals surface area contributed by atoms with E-state index in [1.807, 2.05) is 6.92 Å². The Bertz CT molecular complexity index is 564. The highest BCUT2D eigenvalue weighted by Gasteiger charge is 2.33. The molecular formula is C15H18FNO3S. The molecule has 4 nitrogen and oxygen atoms in total. The number of carboxylic acid groups (broad SMARTS) is 1. The van der Waals surface area contributed by atoms with E-state index in [1.165, 1.54) is 23.9 Å². The SMILES string of the molecule is CSc1cc(C(=O)N2CCC(C(=O)O)C(C)C2)ccc1F. The fraction of sp³-hybridized carbons (Fsp3) is 0.467. The lowest BCUT2D eigenvalue weighted by atomic mass is 9.87. The van der Waals surface area contributed by atoms with Gasteiger partial charge < -0.3 is 10.0 Å². The van der Waals surface area contributed by atoms with Gasteiger partial charge in [0, 0.05) is 23.5 Å². The highest BCUT2D eigenvalue weighted by Crippen LogP contribution is 2.26. The number of carbonyl (C=O) groups excluding carboxylic acids is 1. The van der Waals surface area contributed by atoms with Crippen molar-refractivity contribution in [3.05, 3.63) is 29.6 Å². The van der Waals surface area contributed by atoms with Crippen molar-refractivity contribution >= 4 is 23.6 Å². The topological polar surface area (TPSA) is 57.6 Å². The van der Waals surface area contributed by atoms with Crippen LogP contribution in [0.15, 0.2) is 23.1 Å². The molecule has 1 fully saturated rings. The summed E-state index contributed by atoms with van der Waals surface area (Å²) in [5.41, 5.74) is 0.446. The third-order valence-electron chi connectivity index (χ3n) is 3.91. The second kappa shape index (κ2) is 6.47. The number of carbonyl (C=O) groups is 2. The number of halogens is 1. The quantitative estimate of drug-likeness (QED) is 0.872. The number of hydrogen-bond donors (Lipinski definition) is 1. The van der Waals surface area contributed by atoms with E-state index in [1.54, 1.807) is 17.2 Å². The van der Waals surface area contributed by atoms with Crippen LogP contribution in [0.4, 0.5) is 4.39 Å². The van der Waals surface area contributed by atoms with E-state index < -0.39 is 11.9 Å². The van der Waals surface area contributed by atoms with Crippen LogP contribution >= 0.6 is 11.8 Å². The van der Waals surface area contributed by atoms with Crippen LogP contribution in [0, 0.1) is 17.7 Å². The molecule has 2 atom stereocenters. The Balaban J connectivity index is 2.13. The smallest absolute Gasteiger partial charge is 0.306 e. The van der Waals surface area contributed by atoms with Crippen LogP contribution in [0.5, 0.6) is 0 Å². The molecule has 1 amide bonds. The summed E-state index contributed by atoms with van der Waals surface area (Å²) in [4.78, 5) is 25.6. The number of carboxylic acids is 1. The summed E-state index contributed by atoms with van der Waals surface area (Å²) in [6, 6.07) is 4.33. The van der Waals surface area contributed by atoms with Gasteiger partial charge in [-0.3, -0.25) is 9.59 Å². The van der Waals surface area contributed by atoms with Crippen LogP contribution in [0.25, 0.3) is 0 Å². The van der Waals surface area contributed by atoms with Crippen LogP contribution in [-0.4, -0.2) is 41.2 Å². The summed E-state index contributed by atoms with van der Waals surface area (Å²) >= 11 is 1.26. The molecule has 1 aliphatic rings. The number of benzene rings is 1. The summed E-state index contributed by atoms with van der Waals surface area (Å²) in [6.07, 6.45) is 2.21. The van der Waals surface area contributed by atoms with E-state index >= 15 is 0 Å². The first-order chi connectivity index (χ1) is 9.93. The molecule has 1 heterocycles. The first kappa shape index (κ1) is 15.8. The van der Waals surface area contributed by atoms with Crippen molar-refractivity contribution in [1.29, 1.82) is 0 Å². The maximum absolute atomic E-state index is 13.5. The van der Waals surface area contributed by atoms with Crippen molar-refractivity contribution in [3.63, 3.8) is 0 Å². The summed E-state index contributed by atoms with van der Waals surface area (Å²) in [5, 5.41) is 9.10. The van der Waals surface area contributed by atoms with Crippen molar-refractivity contribution in [3.8, 4) is 0 Å². The van der Waals surface area contributed by atoms with Crippen LogP contribution in [0.2, 0.25) is 0 Å². The van der Waals surface area contributed by atoms with Crippen LogP contribution in [-0.2, 0) is 4.79 Å². The van der Waals surface area contributed by atoms with Gasteiger partial charge in [-0.15, -0.1) is 11.8 Å². The van der Waals surface area contributed by atoms with Gasteiger partial charge >= 0.3 is 5.97 Å². The molecule has 6 heteroatoms. The van der Waals surface area contributed by atoms with Gasteiger partial charge in [0.2, 0.25) is 0 Å². The molecule has 1 aromatic rings. The second-order valence-electron chi connectivity index (χ2n) is 5.31. The largest absolute Gasteiger partial charge is 0.481 e. The molecule has 2 unspecified atom stereocenters. The average molecular weight is 311 g/mol. The standard InChI is InChI=1S/C15H18FNO3S/c1-9-8-17(6-5-11(9)15(19)20)14(18)10-3-4-12(16)13(7-10)21-2/h3-4,7,9,11H,5-6,8H2,1-2H3,(H,19,20). The zero-order valence-electron chi connectivity index (χ0n) is 12.0. The Hall–Kier alpha value is -1.56. The van der Waals surface area contributed by atoms with Gasteiger partial charge in [0.25, 0.3) is 5.91 Å². The number of thioether (sulfide) groups is 1. The number of piperidine rings is 1. The Labute approximate surface area is 127 Å².